The third-order valence-corrected chi connectivity index (χ3v) is 10.3. The number of fused-ring (bicyclic) bond motifs is 6. The van der Waals surface area contributed by atoms with Crippen LogP contribution in [0.1, 0.15) is 0 Å². The first kappa shape index (κ1) is 28.0. The number of rotatable bonds is 4. The molecule has 0 radical (unpaired) electrons. The lowest BCUT2D eigenvalue weighted by Gasteiger charge is -2.14. The lowest BCUT2D eigenvalue weighted by molar-refractivity contribution is 0.670. The van der Waals surface area contributed by atoms with Gasteiger partial charge in [0, 0.05) is 32.8 Å². The van der Waals surface area contributed by atoms with E-state index in [4.69, 9.17) is 19.4 Å². The topological polar surface area (TPSA) is 51.8 Å². The number of benzene rings is 9. The van der Waals surface area contributed by atoms with Crippen LogP contribution in [0.2, 0.25) is 0 Å². The molecule has 236 valence electrons. The van der Waals surface area contributed by atoms with Gasteiger partial charge in [0.1, 0.15) is 11.2 Å². The molecule has 0 atom stereocenters. The van der Waals surface area contributed by atoms with Crippen molar-refractivity contribution in [1.82, 2.24) is 15.0 Å². The summed E-state index contributed by atoms with van der Waals surface area (Å²) in [7, 11) is 0. The summed E-state index contributed by atoms with van der Waals surface area (Å²) in [6.45, 7) is 0. The van der Waals surface area contributed by atoms with Crippen molar-refractivity contribution >= 4 is 65.0 Å². The van der Waals surface area contributed by atoms with Crippen LogP contribution in [0, 0.1) is 0 Å². The lowest BCUT2D eigenvalue weighted by atomic mass is 9.89. The van der Waals surface area contributed by atoms with Gasteiger partial charge in [0.05, 0.1) is 0 Å². The van der Waals surface area contributed by atoms with Crippen LogP contribution in [0.4, 0.5) is 0 Å². The molecule has 51 heavy (non-hydrogen) atoms. The molecule has 11 aromatic rings. The summed E-state index contributed by atoms with van der Waals surface area (Å²) in [6, 6.07) is 57.4. The largest absolute Gasteiger partial charge is 0.456 e. The van der Waals surface area contributed by atoms with Gasteiger partial charge < -0.3 is 4.42 Å². The molecule has 0 aliphatic heterocycles. The van der Waals surface area contributed by atoms with E-state index in [9.17, 15) is 0 Å². The first-order valence-corrected chi connectivity index (χ1v) is 17.2. The number of furan rings is 1. The van der Waals surface area contributed by atoms with Crippen LogP contribution >= 0.6 is 0 Å². The highest BCUT2D eigenvalue weighted by Crippen LogP contribution is 2.46. The van der Waals surface area contributed by atoms with Crippen LogP contribution in [-0.4, -0.2) is 15.0 Å². The number of nitrogens with zero attached hydrogens (tertiary/aromatic N) is 3. The third kappa shape index (κ3) is 4.23. The predicted molar refractivity (Wildman–Crippen MR) is 210 cm³/mol. The van der Waals surface area contributed by atoms with E-state index in [0.29, 0.717) is 17.5 Å². The van der Waals surface area contributed by atoms with Crippen molar-refractivity contribution in [2.24, 2.45) is 0 Å². The van der Waals surface area contributed by atoms with Crippen molar-refractivity contribution in [2.45, 2.75) is 0 Å². The molecule has 0 saturated heterocycles. The molecule has 0 bridgehead atoms. The maximum atomic E-state index is 6.48. The molecule has 0 aliphatic rings. The second-order valence-corrected chi connectivity index (χ2v) is 13.1. The van der Waals surface area contributed by atoms with E-state index >= 15 is 0 Å². The van der Waals surface area contributed by atoms with Gasteiger partial charge in [-0.05, 0) is 73.1 Å². The van der Waals surface area contributed by atoms with E-state index in [1.54, 1.807) is 0 Å². The van der Waals surface area contributed by atoms with Crippen molar-refractivity contribution in [3.05, 3.63) is 164 Å². The fourth-order valence-corrected chi connectivity index (χ4v) is 7.97. The van der Waals surface area contributed by atoms with Gasteiger partial charge >= 0.3 is 0 Å². The van der Waals surface area contributed by atoms with Crippen LogP contribution in [0.3, 0.4) is 0 Å². The molecule has 4 heteroatoms. The average Bonchev–Trinajstić information content (AvgIpc) is 3.58. The molecular formula is C47H27N3O. The van der Waals surface area contributed by atoms with Crippen molar-refractivity contribution in [1.29, 1.82) is 0 Å². The van der Waals surface area contributed by atoms with Crippen LogP contribution in [-0.2, 0) is 0 Å². The molecule has 0 unspecified atom stereocenters. The van der Waals surface area contributed by atoms with Crippen LogP contribution < -0.4 is 0 Å². The van der Waals surface area contributed by atoms with Gasteiger partial charge in [-0.1, -0.05) is 140 Å². The molecule has 9 aromatic carbocycles. The van der Waals surface area contributed by atoms with E-state index in [1.807, 2.05) is 60.7 Å². The average molecular weight is 650 g/mol. The van der Waals surface area contributed by atoms with Crippen molar-refractivity contribution in [3.63, 3.8) is 0 Å². The summed E-state index contributed by atoms with van der Waals surface area (Å²) in [5, 5.41) is 12.0. The number of hydrogen-bond donors (Lipinski definition) is 0. The minimum atomic E-state index is 0.648. The Labute approximate surface area is 292 Å². The summed E-state index contributed by atoms with van der Waals surface area (Å²) in [5.74, 6) is 1.95. The Hall–Kier alpha value is -6.91. The fourth-order valence-electron chi connectivity index (χ4n) is 7.97. The second kappa shape index (κ2) is 10.8. The van der Waals surface area contributed by atoms with Gasteiger partial charge in [-0.25, -0.2) is 15.0 Å². The minimum absolute atomic E-state index is 0.648. The molecule has 11 rings (SSSR count). The zero-order valence-electron chi connectivity index (χ0n) is 27.3. The van der Waals surface area contributed by atoms with Crippen LogP contribution in [0.25, 0.3) is 110 Å². The Morgan fingerprint density at radius 3 is 1.61 bits per heavy atom. The normalized spacial score (nSPS) is 11.9. The fraction of sp³-hybridized carbons (Fsp3) is 0. The summed E-state index contributed by atoms with van der Waals surface area (Å²) in [5.41, 5.74) is 7.04. The van der Waals surface area contributed by atoms with E-state index in [-0.39, 0.29) is 0 Å². The number of hydrogen-bond acceptors (Lipinski definition) is 4. The zero-order valence-corrected chi connectivity index (χ0v) is 27.3. The van der Waals surface area contributed by atoms with Gasteiger partial charge in [-0.2, -0.15) is 0 Å². The van der Waals surface area contributed by atoms with Crippen molar-refractivity contribution in [3.8, 4) is 45.3 Å². The summed E-state index contributed by atoms with van der Waals surface area (Å²) >= 11 is 0. The quantitative estimate of drug-likeness (QED) is 0.178. The third-order valence-electron chi connectivity index (χ3n) is 10.3. The van der Waals surface area contributed by atoms with Gasteiger partial charge in [0.25, 0.3) is 0 Å². The Morgan fingerprint density at radius 2 is 0.882 bits per heavy atom. The highest BCUT2D eigenvalue weighted by atomic mass is 16.3. The minimum Gasteiger partial charge on any atom is -0.456 e. The molecule has 0 N–H and O–H groups in total. The Bertz CT molecular complexity index is 3070. The smallest absolute Gasteiger partial charge is 0.164 e. The van der Waals surface area contributed by atoms with Gasteiger partial charge in [-0.15, -0.1) is 0 Å². The molecule has 4 nitrogen and oxygen atoms in total. The Morgan fingerprint density at radius 1 is 0.314 bits per heavy atom. The van der Waals surface area contributed by atoms with Crippen molar-refractivity contribution in [2.75, 3.05) is 0 Å². The number of aromatic nitrogens is 3. The summed E-state index contributed by atoms with van der Waals surface area (Å²) in [6.07, 6.45) is 0. The van der Waals surface area contributed by atoms with E-state index in [1.165, 1.54) is 37.7 Å². The molecule has 0 saturated carbocycles. The molecule has 0 amide bonds. The van der Waals surface area contributed by atoms with Crippen LogP contribution in [0.5, 0.6) is 0 Å². The first-order chi connectivity index (χ1) is 25.3. The van der Waals surface area contributed by atoms with E-state index in [0.717, 1.165) is 55.1 Å². The van der Waals surface area contributed by atoms with Crippen molar-refractivity contribution < 1.29 is 4.42 Å². The molecule has 0 fully saturated rings. The SMILES string of the molecule is c1ccc(-c2nc(-c3ccccc3)nc(-c3ccc(-c4ccc5cc6oc7cccc8c9ccccc9c(c5c4)c6c78)c4ccccc34)n2)cc1. The highest BCUT2D eigenvalue weighted by molar-refractivity contribution is 6.38. The van der Waals surface area contributed by atoms with E-state index in [2.05, 4.69) is 103 Å². The molecule has 2 heterocycles. The lowest BCUT2D eigenvalue weighted by Crippen LogP contribution is -2.00. The Kier molecular flexibility index (Phi) is 5.92. The first-order valence-electron chi connectivity index (χ1n) is 17.2. The van der Waals surface area contributed by atoms with Crippen LogP contribution in [0.15, 0.2) is 168 Å². The standard InChI is InChI=1S/C47H27N3O/c1-3-12-28(13-4-1)45-48-46(29-14-5-2-6-15-29)50-47(49-45)38-25-24-32(33-16-7-8-17-34(33)38)30-22-23-31-27-41-44-42(39(31)26-30)36-19-10-9-18-35(36)37-20-11-21-40(51-41)43(37)44/h1-27H. The summed E-state index contributed by atoms with van der Waals surface area (Å²) in [4.78, 5) is 15.0. The Balaban J connectivity index is 1.15. The predicted octanol–water partition coefficient (Wildman–Crippen LogP) is 12.5. The molecule has 2 aromatic heterocycles. The van der Waals surface area contributed by atoms with Gasteiger partial charge in [-0.3, -0.25) is 0 Å². The monoisotopic (exact) mass is 649 g/mol. The molecular weight excluding hydrogens is 623 g/mol. The zero-order chi connectivity index (χ0) is 33.5. The maximum Gasteiger partial charge on any atom is 0.164 e. The van der Waals surface area contributed by atoms with Gasteiger partial charge in [0.2, 0.25) is 0 Å². The van der Waals surface area contributed by atoms with E-state index < -0.39 is 0 Å². The van der Waals surface area contributed by atoms with Gasteiger partial charge in [0.15, 0.2) is 17.5 Å². The molecule has 0 spiro atoms. The highest BCUT2D eigenvalue weighted by Gasteiger charge is 2.21. The summed E-state index contributed by atoms with van der Waals surface area (Å²) < 4.78 is 6.48. The molecule has 0 aliphatic carbocycles. The maximum absolute atomic E-state index is 6.48. The second-order valence-electron chi connectivity index (χ2n) is 13.1.